The Morgan fingerprint density at radius 2 is 1.79 bits per heavy atom. The molecule has 5 nitrogen and oxygen atoms in total. The van der Waals surface area contributed by atoms with E-state index in [-0.39, 0.29) is 16.5 Å². The molecule has 1 amide bonds. The zero-order valence-corrected chi connectivity index (χ0v) is 17.0. The molecule has 2 aromatic carbocycles. The number of nitrogens with one attached hydrogen (secondary N) is 1. The van der Waals surface area contributed by atoms with Gasteiger partial charge < -0.3 is 4.90 Å². The molecule has 1 aromatic heterocycles. The fraction of sp³-hybridized carbons (Fsp3) is 0.150. The molecule has 1 N–H and O–H groups in total. The minimum atomic E-state index is -3.96. The quantitative estimate of drug-likeness (QED) is 0.650. The van der Waals surface area contributed by atoms with Crippen LogP contribution >= 0.6 is 11.3 Å². The summed E-state index contributed by atoms with van der Waals surface area (Å²) in [5.74, 6) is -0.873. The zero-order chi connectivity index (χ0) is 20.3. The fourth-order valence-electron chi connectivity index (χ4n) is 2.60. The van der Waals surface area contributed by atoms with E-state index in [1.165, 1.54) is 48.5 Å². The number of amides is 1. The summed E-state index contributed by atoms with van der Waals surface area (Å²) in [6, 6.07) is 13.1. The van der Waals surface area contributed by atoms with Crippen molar-refractivity contribution in [2.75, 3.05) is 11.8 Å². The van der Waals surface area contributed by atoms with Crippen molar-refractivity contribution in [1.29, 1.82) is 0 Å². The van der Waals surface area contributed by atoms with Crippen LogP contribution in [0.3, 0.4) is 0 Å². The maximum Gasteiger partial charge on any atom is 0.261 e. The van der Waals surface area contributed by atoms with Crippen molar-refractivity contribution < 1.29 is 17.6 Å². The number of hydrogen-bond donors (Lipinski definition) is 1. The maximum atomic E-state index is 13.7. The largest absolute Gasteiger partial charge is 0.337 e. The van der Waals surface area contributed by atoms with Gasteiger partial charge >= 0.3 is 0 Å². The molecular formula is C20H19FN2O3S2. The van der Waals surface area contributed by atoms with E-state index in [2.05, 4.69) is 4.72 Å². The Bertz CT molecular complexity index is 1090. The SMILES string of the molecule is Cc1ccsc1CN(C)C(=O)c1ccc(S(=O)(=O)Nc2ccccc2F)cc1. The molecule has 28 heavy (non-hydrogen) atoms. The zero-order valence-electron chi connectivity index (χ0n) is 15.3. The van der Waals surface area contributed by atoms with Crippen molar-refractivity contribution in [3.8, 4) is 0 Å². The summed E-state index contributed by atoms with van der Waals surface area (Å²) in [5, 5.41) is 1.98. The molecule has 0 aliphatic rings. The number of nitrogens with zero attached hydrogens (tertiary/aromatic N) is 1. The van der Waals surface area contributed by atoms with Crippen molar-refractivity contribution in [2.45, 2.75) is 18.4 Å². The van der Waals surface area contributed by atoms with Gasteiger partial charge in [-0.05, 0) is 60.3 Å². The second-order valence-electron chi connectivity index (χ2n) is 6.30. The minimum absolute atomic E-state index is 0.0518. The third-order valence-corrected chi connectivity index (χ3v) is 6.61. The van der Waals surface area contributed by atoms with Crippen molar-refractivity contribution in [3.63, 3.8) is 0 Å². The number of thiophene rings is 1. The van der Waals surface area contributed by atoms with Crippen LogP contribution in [0.4, 0.5) is 10.1 Å². The Labute approximate surface area is 167 Å². The van der Waals surface area contributed by atoms with Gasteiger partial charge in [0.1, 0.15) is 5.82 Å². The first-order valence-electron chi connectivity index (χ1n) is 8.44. The van der Waals surface area contributed by atoms with Gasteiger partial charge in [0.05, 0.1) is 17.1 Å². The molecule has 0 saturated heterocycles. The number of benzene rings is 2. The van der Waals surface area contributed by atoms with Crippen LogP contribution in [0.15, 0.2) is 64.9 Å². The number of carbonyl (C=O) groups excluding carboxylic acids is 1. The lowest BCUT2D eigenvalue weighted by molar-refractivity contribution is 0.0786. The van der Waals surface area contributed by atoms with E-state index in [0.29, 0.717) is 12.1 Å². The summed E-state index contributed by atoms with van der Waals surface area (Å²) in [7, 11) is -2.26. The number of hydrogen-bond acceptors (Lipinski definition) is 4. The van der Waals surface area contributed by atoms with E-state index in [4.69, 9.17) is 0 Å². The molecule has 0 radical (unpaired) electrons. The van der Waals surface area contributed by atoms with Crippen LogP contribution in [-0.2, 0) is 16.6 Å². The summed E-state index contributed by atoms with van der Waals surface area (Å²) >= 11 is 1.59. The predicted molar refractivity (Wildman–Crippen MR) is 109 cm³/mol. The van der Waals surface area contributed by atoms with Crippen LogP contribution in [0, 0.1) is 12.7 Å². The lowest BCUT2D eigenvalue weighted by Crippen LogP contribution is -2.26. The number of aryl methyl sites for hydroxylation is 1. The first-order valence-corrected chi connectivity index (χ1v) is 10.8. The second-order valence-corrected chi connectivity index (χ2v) is 8.98. The molecule has 3 aromatic rings. The third kappa shape index (κ3) is 4.40. The van der Waals surface area contributed by atoms with E-state index in [1.807, 2.05) is 18.4 Å². The van der Waals surface area contributed by atoms with Gasteiger partial charge in [0, 0.05) is 17.5 Å². The van der Waals surface area contributed by atoms with Gasteiger partial charge in [0.15, 0.2) is 0 Å². The van der Waals surface area contributed by atoms with E-state index >= 15 is 0 Å². The first-order chi connectivity index (χ1) is 13.3. The van der Waals surface area contributed by atoms with Crippen molar-refractivity contribution >= 4 is 33.0 Å². The van der Waals surface area contributed by atoms with Crippen LogP contribution in [-0.4, -0.2) is 26.3 Å². The van der Waals surface area contributed by atoms with Crippen LogP contribution in [0.1, 0.15) is 20.8 Å². The number of anilines is 1. The standard InChI is InChI=1S/C20H19FN2O3S2/c1-14-11-12-27-19(14)13-23(2)20(24)15-7-9-16(10-8-15)28(25,26)22-18-6-4-3-5-17(18)21/h3-12,22H,13H2,1-2H3. The average Bonchev–Trinajstić information content (AvgIpc) is 3.07. The highest BCUT2D eigenvalue weighted by Gasteiger charge is 2.18. The van der Waals surface area contributed by atoms with E-state index in [9.17, 15) is 17.6 Å². The van der Waals surface area contributed by atoms with Crippen molar-refractivity contribution in [3.05, 3.63) is 81.8 Å². The Kier molecular flexibility index (Phi) is 5.81. The first kappa shape index (κ1) is 20.0. The second kappa shape index (κ2) is 8.12. The number of para-hydroxylation sites is 1. The number of rotatable bonds is 6. The average molecular weight is 419 g/mol. The molecule has 0 fully saturated rings. The number of halogens is 1. The summed E-state index contributed by atoms with van der Waals surface area (Å²) in [6.07, 6.45) is 0. The van der Waals surface area contributed by atoms with Crippen LogP contribution in [0.5, 0.6) is 0 Å². The van der Waals surface area contributed by atoms with Crippen LogP contribution in [0.2, 0.25) is 0 Å². The lowest BCUT2D eigenvalue weighted by atomic mass is 10.2. The molecule has 0 spiro atoms. The number of sulfonamides is 1. The summed E-state index contributed by atoms with van der Waals surface area (Å²) in [6.45, 7) is 2.48. The highest BCUT2D eigenvalue weighted by molar-refractivity contribution is 7.92. The monoisotopic (exact) mass is 418 g/mol. The van der Waals surface area contributed by atoms with E-state index in [1.54, 1.807) is 23.3 Å². The molecule has 0 saturated carbocycles. The van der Waals surface area contributed by atoms with Gasteiger partial charge in [-0.25, -0.2) is 12.8 Å². The van der Waals surface area contributed by atoms with Crippen molar-refractivity contribution in [1.82, 2.24) is 4.90 Å². The summed E-state index contributed by atoms with van der Waals surface area (Å²) < 4.78 is 40.8. The Morgan fingerprint density at radius 3 is 2.39 bits per heavy atom. The molecule has 1 heterocycles. The predicted octanol–water partition coefficient (Wildman–Crippen LogP) is 4.27. The van der Waals surface area contributed by atoms with Gasteiger partial charge in [-0.15, -0.1) is 11.3 Å². The molecule has 0 aliphatic carbocycles. The van der Waals surface area contributed by atoms with Crippen LogP contribution < -0.4 is 4.72 Å². The normalized spacial score (nSPS) is 11.2. The molecular weight excluding hydrogens is 399 g/mol. The van der Waals surface area contributed by atoms with Gasteiger partial charge in [-0.3, -0.25) is 9.52 Å². The topological polar surface area (TPSA) is 66.5 Å². The lowest BCUT2D eigenvalue weighted by Gasteiger charge is -2.17. The van der Waals surface area contributed by atoms with Gasteiger partial charge in [0.25, 0.3) is 15.9 Å². The summed E-state index contributed by atoms with van der Waals surface area (Å²) in [4.78, 5) is 15.2. The Balaban J connectivity index is 1.74. The molecule has 0 aliphatic heterocycles. The smallest absolute Gasteiger partial charge is 0.261 e. The van der Waals surface area contributed by atoms with E-state index < -0.39 is 15.8 Å². The van der Waals surface area contributed by atoms with E-state index in [0.717, 1.165) is 10.4 Å². The fourth-order valence-corrected chi connectivity index (χ4v) is 4.62. The molecule has 0 bridgehead atoms. The van der Waals surface area contributed by atoms with Crippen molar-refractivity contribution in [2.24, 2.45) is 0 Å². The third-order valence-electron chi connectivity index (χ3n) is 4.23. The highest BCUT2D eigenvalue weighted by Crippen LogP contribution is 2.21. The highest BCUT2D eigenvalue weighted by atomic mass is 32.2. The Hall–Kier alpha value is -2.71. The van der Waals surface area contributed by atoms with Crippen LogP contribution in [0.25, 0.3) is 0 Å². The molecule has 0 unspecified atom stereocenters. The maximum absolute atomic E-state index is 13.7. The minimum Gasteiger partial charge on any atom is -0.337 e. The number of carbonyl (C=O) groups is 1. The molecule has 146 valence electrons. The summed E-state index contributed by atoms with van der Waals surface area (Å²) in [5.41, 5.74) is 1.38. The van der Waals surface area contributed by atoms with Gasteiger partial charge in [-0.1, -0.05) is 12.1 Å². The molecule has 3 rings (SSSR count). The Morgan fingerprint density at radius 1 is 1.11 bits per heavy atom. The van der Waals surface area contributed by atoms with Gasteiger partial charge in [-0.2, -0.15) is 0 Å². The molecule has 0 atom stereocenters. The molecule has 8 heteroatoms. The van der Waals surface area contributed by atoms with Gasteiger partial charge in [0.2, 0.25) is 0 Å².